The van der Waals surface area contributed by atoms with Gasteiger partial charge in [0.15, 0.2) is 0 Å². The van der Waals surface area contributed by atoms with E-state index in [1.807, 2.05) is 6.92 Å². The number of nitrogens with two attached hydrogens (primary N) is 1. The number of amides is 1. The molecule has 0 saturated heterocycles. The number of rotatable bonds is 5. The molecule has 0 aromatic rings. The van der Waals surface area contributed by atoms with Crippen LogP contribution in [0.15, 0.2) is 0 Å². The zero-order valence-corrected chi connectivity index (χ0v) is 8.04. The van der Waals surface area contributed by atoms with Gasteiger partial charge < -0.3 is 15.4 Å². The van der Waals surface area contributed by atoms with Crippen LogP contribution in [-0.4, -0.2) is 44.2 Å². The molecule has 0 saturated carbocycles. The Labute approximate surface area is 73.7 Å². The Morgan fingerprint density at radius 1 is 1.67 bits per heavy atom. The van der Waals surface area contributed by atoms with Gasteiger partial charge in [-0.3, -0.25) is 4.79 Å². The number of ether oxygens (including phenoxy) is 1. The van der Waals surface area contributed by atoms with E-state index >= 15 is 0 Å². The molecule has 0 aliphatic heterocycles. The van der Waals surface area contributed by atoms with Crippen LogP contribution in [0.2, 0.25) is 0 Å². The molecule has 1 amide bonds. The van der Waals surface area contributed by atoms with Crippen LogP contribution in [0.25, 0.3) is 0 Å². The summed E-state index contributed by atoms with van der Waals surface area (Å²) in [6.07, 6.45) is 0.430. The Morgan fingerprint density at radius 3 is 2.67 bits per heavy atom. The van der Waals surface area contributed by atoms with E-state index in [0.717, 1.165) is 0 Å². The van der Waals surface area contributed by atoms with Gasteiger partial charge in [-0.15, -0.1) is 0 Å². The highest BCUT2D eigenvalue weighted by Gasteiger charge is 2.08. The van der Waals surface area contributed by atoms with Gasteiger partial charge in [0.05, 0.1) is 13.0 Å². The number of carbonyl (C=O) groups is 1. The number of likely N-dealkylation sites (N-methyl/N-ethyl adjacent to an activating group) is 1. The summed E-state index contributed by atoms with van der Waals surface area (Å²) in [7, 11) is 3.33. The molecule has 4 heteroatoms. The molecule has 0 rings (SSSR count). The third-order valence-corrected chi connectivity index (χ3v) is 1.51. The van der Waals surface area contributed by atoms with Gasteiger partial charge in [-0.05, 0) is 6.92 Å². The first kappa shape index (κ1) is 11.4. The topological polar surface area (TPSA) is 55.6 Å². The lowest BCUT2D eigenvalue weighted by molar-refractivity contribution is -0.131. The number of carbonyl (C=O) groups excluding carboxylic acids is 1. The van der Waals surface area contributed by atoms with Crippen LogP contribution in [0, 0.1) is 0 Å². The van der Waals surface area contributed by atoms with Gasteiger partial charge in [0.25, 0.3) is 0 Å². The minimum absolute atomic E-state index is 0.0292. The van der Waals surface area contributed by atoms with E-state index in [4.69, 9.17) is 10.5 Å². The molecule has 2 N–H and O–H groups in total. The first-order valence-corrected chi connectivity index (χ1v) is 4.06. The van der Waals surface area contributed by atoms with Gasteiger partial charge in [0.1, 0.15) is 0 Å². The Bertz CT molecular complexity index is 137. The van der Waals surface area contributed by atoms with Crippen LogP contribution in [0.4, 0.5) is 0 Å². The van der Waals surface area contributed by atoms with E-state index in [0.29, 0.717) is 19.6 Å². The summed E-state index contributed by atoms with van der Waals surface area (Å²) >= 11 is 0. The van der Waals surface area contributed by atoms with Gasteiger partial charge >= 0.3 is 0 Å². The molecule has 0 aromatic heterocycles. The van der Waals surface area contributed by atoms with E-state index in [9.17, 15) is 4.79 Å². The smallest absolute Gasteiger partial charge is 0.224 e. The average molecular weight is 174 g/mol. The average Bonchev–Trinajstić information content (AvgIpc) is 1.98. The van der Waals surface area contributed by atoms with Gasteiger partial charge in [-0.25, -0.2) is 0 Å². The highest BCUT2D eigenvalue weighted by atomic mass is 16.5. The monoisotopic (exact) mass is 174 g/mol. The molecule has 12 heavy (non-hydrogen) atoms. The summed E-state index contributed by atoms with van der Waals surface area (Å²) in [5.41, 5.74) is 5.53. The molecule has 1 atom stereocenters. The van der Waals surface area contributed by atoms with Crippen molar-refractivity contribution in [3.8, 4) is 0 Å². The van der Waals surface area contributed by atoms with Crippen molar-refractivity contribution >= 4 is 5.91 Å². The predicted molar refractivity (Wildman–Crippen MR) is 47.8 cm³/mol. The molecule has 0 fully saturated rings. The molecule has 0 aliphatic carbocycles. The third kappa shape index (κ3) is 5.09. The summed E-state index contributed by atoms with van der Waals surface area (Å²) in [6, 6.07) is 0.0292. The first-order chi connectivity index (χ1) is 5.57. The van der Waals surface area contributed by atoms with Gasteiger partial charge in [-0.2, -0.15) is 0 Å². The molecule has 0 aromatic carbocycles. The summed E-state index contributed by atoms with van der Waals surface area (Å²) in [5.74, 6) is 0.0779. The highest BCUT2D eigenvalue weighted by Crippen LogP contribution is 1.92. The Hall–Kier alpha value is -0.610. The third-order valence-electron chi connectivity index (χ3n) is 1.51. The SMILES string of the molecule is COCCC(=O)N(C)CC(C)N. The number of nitrogens with zero attached hydrogens (tertiary/aromatic N) is 1. The van der Waals surface area contributed by atoms with E-state index in [1.54, 1.807) is 19.1 Å². The molecule has 1 unspecified atom stereocenters. The lowest BCUT2D eigenvalue weighted by atomic mass is 10.3. The van der Waals surface area contributed by atoms with Crippen LogP contribution >= 0.6 is 0 Å². The summed E-state index contributed by atoms with van der Waals surface area (Å²) in [4.78, 5) is 12.9. The van der Waals surface area contributed by atoms with Crippen molar-refractivity contribution in [1.82, 2.24) is 4.90 Å². The van der Waals surface area contributed by atoms with E-state index in [-0.39, 0.29) is 11.9 Å². The molecule has 0 radical (unpaired) electrons. The van der Waals surface area contributed by atoms with Crippen molar-refractivity contribution < 1.29 is 9.53 Å². The molecule has 0 aliphatic rings. The van der Waals surface area contributed by atoms with Crippen LogP contribution in [-0.2, 0) is 9.53 Å². The Kier molecular flexibility index (Phi) is 5.66. The van der Waals surface area contributed by atoms with Crippen LogP contribution < -0.4 is 5.73 Å². The fourth-order valence-electron chi connectivity index (χ4n) is 0.914. The molecule has 0 heterocycles. The van der Waals surface area contributed by atoms with Crippen molar-refractivity contribution in [1.29, 1.82) is 0 Å². The van der Waals surface area contributed by atoms with E-state index in [2.05, 4.69) is 0 Å². The van der Waals surface area contributed by atoms with Crippen molar-refractivity contribution in [3.05, 3.63) is 0 Å². The van der Waals surface area contributed by atoms with Gasteiger partial charge in [0, 0.05) is 26.7 Å². The van der Waals surface area contributed by atoms with Crippen molar-refractivity contribution in [3.63, 3.8) is 0 Å². The molecule has 0 bridgehead atoms. The summed E-state index contributed by atoms with van der Waals surface area (Å²) in [5, 5.41) is 0. The normalized spacial score (nSPS) is 12.7. The highest BCUT2D eigenvalue weighted by molar-refractivity contribution is 5.75. The zero-order valence-electron chi connectivity index (χ0n) is 8.04. The maximum Gasteiger partial charge on any atom is 0.224 e. The minimum atomic E-state index is 0.0292. The Morgan fingerprint density at radius 2 is 2.25 bits per heavy atom. The van der Waals surface area contributed by atoms with Crippen molar-refractivity contribution in [2.75, 3.05) is 27.3 Å². The maximum atomic E-state index is 11.2. The minimum Gasteiger partial charge on any atom is -0.384 e. The second-order valence-electron chi connectivity index (χ2n) is 2.99. The fourth-order valence-corrected chi connectivity index (χ4v) is 0.914. The van der Waals surface area contributed by atoms with E-state index in [1.165, 1.54) is 0 Å². The Balaban J connectivity index is 3.61. The van der Waals surface area contributed by atoms with Crippen LogP contribution in [0.5, 0.6) is 0 Å². The second kappa shape index (κ2) is 5.97. The van der Waals surface area contributed by atoms with E-state index < -0.39 is 0 Å². The molecular formula is C8H18N2O2. The van der Waals surface area contributed by atoms with Crippen molar-refractivity contribution in [2.24, 2.45) is 5.73 Å². The molecule has 0 spiro atoms. The molecule has 4 nitrogen and oxygen atoms in total. The maximum absolute atomic E-state index is 11.2. The fraction of sp³-hybridized carbons (Fsp3) is 0.875. The quantitative estimate of drug-likeness (QED) is 0.629. The zero-order chi connectivity index (χ0) is 9.56. The van der Waals surface area contributed by atoms with Gasteiger partial charge in [-0.1, -0.05) is 0 Å². The molecular weight excluding hydrogens is 156 g/mol. The lowest BCUT2D eigenvalue weighted by Gasteiger charge is -2.18. The number of hydrogen-bond donors (Lipinski definition) is 1. The standard InChI is InChI=1S/C8H18N2O2/c1-7(9)6-10(2)8(11)4-5-12-3/h7H,4-6,9H2,1-3H3. The first-order valence-electron chi connectivity index (χ1n) is 4.06. The van der Waals surface area contributed by atoms with Crippen LogP contribution in [0.1, 0.15) is 13.3 Å². The summed E-state index contributed by atoms with van der Waals surface area (Å²) in [6.45, 7) is 2.95. The van der Waals surface area contributed by atoms with Crippen molar-refractivity contribution in [2.45, 2.75) is 19.4 Å². The number of methoxy groups -OCH3 is 1. The number of hydrogen-bond acceptors (Lipinski definition) is 3. The largest absolute Gasteiger partial charge is 0.384 e. The second-order valence-corrected chi connectivity index (χ2v) is 2.99. The summed E-state index contributed by atoms with van der Waals surface area (Å²) < 4.78 is 4.79. The van der Waals surface area contributed by atoms with Crippen LogP contribution in [0.3, 0.4) is 0 Å². The lowest BCUT2D eigenvalue weighted by Crippen LogP contribution is -2.37. The predicted octanol–water partition coefficient (Wildman–Crippen LogP) is -0.171. The van der Waals surface area contributed by atoms with Gasteiger partial charge in [0.2, 0.25) is 5.91 Å². The molecule has 72 valence electrons.